The van der Waals surface area contributed by atoms with Crippen LogP contribution in [-0.4, -0.2) is 67.9 Å². The summed E-state index contributed by atoms with van der Waals surface area (Å²) in [5.74, 6) is 0.461. The van der Waals surface area contributed by atoms with Gasteiger partial charge in [-0.3, -0.25) is 0 Å². The molecule has 2 amide bonds. The van der Waals surface area contributed by atoms with E-state index in [0.717, 1.165) is 36.6 Å². The van der Waals surface area contributed by atoms with Gasteiger partial charge in [-0.25, -0.2) is 22.6 Å². The molecule has 0 saturated carbocycles. The number of sulfonamides is 1. The standard InChI is InChI=1S/C23H30FN5O3S/c24-20-5-7-21(8-6-20)33(31,32)29-14-4-13-28(15-16-29)23(30)26-18-19-9-10-25-22(17-19)27-11-2-1-3-12-27/h5-10,17H,1-4,11-16,18H2,(H,26,30). The Bertz CT molecular complexity index is 1060. The maximum Gasteiger partial charge on any atom is 0.317 e. The molecule has 2 aromatic rings. The lowest BCUT2D eigenvalue weighted by Gasteiger charge is -2.28. The quantitative estimate of drug-likeness (QED) is 0.719. The molecular weight excluding hydrogens is 445 g/mol. The van der Waals surface area contributed by atoms with Crippen molar-refractivity contribution in [1.82, 2.24) is 19.5 Å². The van der Waals surface area contributed by atoms with E-state index in [1.54, 1.807) is 11.1 Å². The van der Waals surface area contributed by atoms with Gasteiger partial charge in [-0.15, -0.1) is 0 Å². The maximum atomic E-state index is 13.2. The molecule has 2 saturated heterocycles. The first-order chi connectivity index (χ1) is 15.9. The number of anilines is 1. The Hall–Kier alpha value is -2.72. The minimum atomic E-state index is -3.73. The van der Waals surface area contributed by atoms with E-state index >= 15 is 0 Å². The van der Waals surface area contributed by atoms with Gasteiger partial charge in [-0.2, -0.15) is 4.31 Å². The summed E-state index contributed by atoms with van der Waals surface area (Å²) < 4.78 is 40.3. The van der Waals surface area contributed by atoms with E-state index in [2.05, 4.69) is 15.2 Å². The lowest BCUT2D eigenvalue weighted by Crippen LogP contribution is -2.42. The average molecular weight is 476 g/mol. The van der Waals surface area contributed by atoms with Crippen LogP contribution >= 0.6 is 0 Å². The summed E-state index contributed by atoms with van der Waals surface area (Å²) in [5, 5.41) is 2.95. The van der Waals surface area contributed by atoms with Crippen LogP contribution in [0.2, 0.25) is 0 Å². The van der Waals surface area contributed by atoms with Crippen LogP contribution in [0.25, 0.3) is 0 Å². The number of nitrogens with zero attached hydrogens (tertiary/aromatic N) is 4. The zero-order valence-corrected chi connectivity index (χ0v) is 19.4. The number of nitrogens with one attached hydrogen (secondary N) is 1. The highest BCUT2D eigenvalue weighted by molar-refractivity contribution is 7.89. The number of rotatable bonds is 5. The van der Waals surface area contributed by atoms with E-state index in [4.69, 9.17) is 0 Å². The molecule has 0 radical (unpaired) electrons. The van der Waals surface area contributed by atoms with Crippen molar-refractivity contribution in [2.75, 3.05) is 44.2 Å². The third kappa shape index (κ3) is 5.80. The Morgan fingerprint density at radius 1 is 0.939 bits per heavy atom. The summed E-state index contributed by atoms with van der Waals surface area (Å²) in [7, 11) is -3.73. The van der Waals surface area contributed by atoms with E-state index in [-0.39, 0.29) is 17.5 Å². The van der Waals surface area contributed by atoms with Crippen LogP contribution in [0.4, 0.5) is 15.0 Å². The average Bonchev–Trinajstić information content (AvgIpc) is 3.11. The Kier molecular flexibility index (Phi) is 7.44. The molecule has 10 heteroatoms. The van der Waals surface area contributed by atoms with Gasteiger partial charge in [0.05, 0.1) is 4.90 Å². The highest BCUT2D eigenvalue weighted by atomic mass is 32.2. The van der Waals surface area contributed by atoms with Crippen LogP contribution in [0, 0.1) is 5.82 Å². The van der Waals surface area contributed by atoms with Crippen molar-refractivity contribution < 1.29 is 17.6 Å². The van der Waals surface area contributed by atoms with Crippen LogP contribution in [0.15, 0.2) is 47.5 Å². The van der Waals surface area contributed by atoms with Gasteiger partial charge in [0.15, 0.2) is 0 Å². The van der Waals surface area contributed by atoms with Crippen LogP contribution in [0.5, 0.6) is 0 Å². The van der Waals surface area contributed by atoms with E-state index in [9.17, 15) is 17.6 Å². The van der Waals surface area contributed by atoms with Crippen LogP contribution in [-0.2, 0) is 16.6 Å². The molecule has 0 unspecified atom stereocenters. The number of hydrogen-bond acceptors (Lipinski definition) is 5. The molecule has 0 aliphatic carbocycles. The number of carbonyl (C=O) groups is 1. The van der Waals surface area contributed by atoms with Gasteiger partial charge in [0, 0.05) is 52.0 Å². The number of hydrogen-bond donors (Lipinski definition) is 1. The number of halogens is 1. The minimum Gasteiger partial charge on any atom is -0.357 e. The predicted molar refractivity (Wildman–Crippen MR) is 124 cm³/mol. The first-order valence-electron chi connectivity index (χ1n) is 11.4. The lowest BCUT2D eigenvalue weighted by atomic mass is 10.1. The summed E-state index contributed by atoms with van der Waals surface area (Å²) in [6, 6.07) is 8.52. The minimum absolute atomic E-state index is 0.0593. The SMILES string of the molecule is O=C(NCc1ccnc(N2CCCCC2)c1)N1CCCN(S(=O)(=O)c2ccc(F)cc2)CC1. The van der Waals surface area contributed by atoms with Crippen molar-refractivity contribution in [3.8, 4) is 0 Å². The summed E-state index contributed by atoms with van der Waals surface area (Å²) in [6.07, 6.45) is 5.90. The zero-order valence-electron chi connectivity index (χ0n) is 18.6. The molecule has 33 heavy (non-hydrogen) atoms. The first-order valence-corrected chi connectivity index (χ1v) is 12.9. The Morgan fingerprint density at radius 2 is 1.70 bits per heavy atom. The fourth-order valence-electron chi connectivity index (χ4n) is 4.25. The first kappa shape index (κ1) is 23.4. The molecule has 0 bridgehead atoms. The fraction of sp³-hybridized carbons (Fsp3) is 0.478. The van der Waals surface area contributed by atoms with Crippen molar-refractivity contribution in [2.45, 2.75) is 37.1 Å². The van der Waals surface area contributed by atoms with Crippen LogP contribution in [0.1, 0.15) is 31.2 Å². The van der Waals surface area contributed by atoms with Crippen molar-refractivity contribution >= 4 is 21.9 Å². The van der Waals surface area contributed by atoms with Crippen molar-refractivity contribution in [3.05, 3.63) is 54.0 Å². The summed E-state index contributed by atoms with van der Waals surface area (Å²) in [5.41, 5.74) is 0.981. The molecular formula is C23H30FN5O3S. The number of piperidine rings is 1. The number of benzene rings is 1. The summed E-state index contributed by atoms with van der Waals surface area (Å²) in [6.45, 7) is 3.67. The topological polar surface area (TPSA) is 85.8 Å². The highest BCUT2D eigenvalue weighted by Gasteiger charge is 2.28. The molecule has 2 aliphatic heterocycles. The molecule has 2 fully saturated rings. The van der Waals surface area contributed by atoms with E-state index in [1.807, 2.05) is 12.1 Å². The molecule has 1 aromatic carbocycles. The van der Waals surface area contributed by atoms with Gasteiger partial charge in [-0.1, -0.05) is 0 Å². The van der Waals surface area contributed by atoms with E-state index < -0.39 is 15.8 Å². The third-order valence-corrected chi connectivity index (χ3v) is 8.04. The monoisotopic (exact) mass is 475 g/mol. The smallest absolute Gasteiger partial charge is 0.317 e. The molecule has 1 N–H and O–H groups in total. The Balaban J connectivity index is 1.32. The van der Waals surface area contributed by atoms with Gasteiger partial charge >= 0.3 is 6.03 Å². The number of urea groups is 1. The van der Waals surface area contributed by atoms with Crippen molar-refractivity contribution in [1.29, 1.82) is 0 Å². The molecule has 0 atom stereocenters. The molecule has 2 aliphatic rings. The molecule has 0 spiro atoms. The Labute approximate surface area is 194 Å². The van der Waals surface area contributed by atoms with Gasteiger partial charge in [0.2, 0.25) is 10.0 Å². The number of amides is 2. The van der Waals surface area contributed by atoms with Crippen LogP contribution in [0.3, 0.4) is 0 Å². The van der Waals surface area contributed by atoms with Gasteiger partial charge in [0.25, 0.3) is 0 Å². The van der Waals surface area contributed by atoms with Gasteiger partial charge in [0.1, 0.15) is 11.6 Å². The molecule has 8 nitrogen and oxygen atoms in total. The second-order valence-corrected chi connectivity index (χ2v) is 10.4. The fourth-order valence-corrected chi connectivity index (χ4v) is 5.72. The summed E-state index contributed by atoms with van der Waals surface area (Å²) >= 11 is 0. The number of carbonyl (C=O) groups excluding carboxylic acids is 1. The Morgan fingerprint density at radius 3 is 2.45 bits per heavy atom. The van der Waals surface area contributed by atoms with E-state index in [1.165, 1.54) is 35.7 Å². The van der Waals surface area contributed by atoms with Crippen LogP contribution < -0.4 is 10.2 Å². The molecule has 1 aromatic heterocycles. The largest absolute Gasteiger partial charge is 0.357 e. The molecule has 3 heterocycles. The second-order valence-electron chi connectivity index (χ2n) is 8.43. The van der Waals surface area contributed by atoms with Gasteiger partial charge in [-0.05, 0) is 67.6 Å². The molecule has 178 valence electrons. The van der Waals surface area contributed by atoms with Crippen molar-refractivity contribution in [3.63, 3.8) is 0 Å². The second kappa shape index (κ2) is 10.5. The maximum absolute atomic E-state index is 13.2. The number of aromatic nitrogens is 1. The zero-order chi connectivity index (χ0) is 23.3. The summed E-state index contributed by atoms with van der Waals surface area (Å²) in [4.78, 5) is 21.2. The van der Waals surface area contributed by atoms with E-state index in [0.29, 0.717) is 32.6 Å². The van der Waals surface area contributed by atoms with Crippen molar-refractivity contribution in [2.24, 2.45) is 0 Å². The normalized spacial score (nSPS) is 18.1. The van der Waals surface area contributed by atoms with Gasteiger partial charge < -0.3 is 15.1 Å². The predicted octanol–water partition coefficient (Wildman–Crippen LogP) is 2.82. The molecule has 4 rings (SSSR count). The number of pyridine rings is 1. The highest BCUT2D eigenvalue weighted by Crippen LogP contribution is 2.20. The lowest BCUT2D eigenvalue weighted by molar-refractivity contribution is 0.200. The third-order valence-electron chi connectivity index (χ3n) is 6.13.